The van der Waals surface area contributed by atoms with E-state index in [4.69, 9.17) is 4.74 Å². The Labute approximate surface area is 112 Å². The maximum atomic E-state index is 13.1. The van der Waals surface area contributed by atoms with E-state index in [9.17, 15) is 4.39 Å². The monoisotopic (exact) mass is 257 g/mol. The van der Waals surface area contributed by atoms with Crippen LogP contribution in [0.4, 0.5) is 10.1 Å². The van der Waals surface area contributed by atoms with Crippen LogP contribution in [0.3, 0.4) is 0 Å². The fourth-order valence-corrected chi connectivity index (χ4v) is 2.37. The average molecular weight is 257 g/mol. The summed E-state index contributed by atoms with van der Waals surface area (Å²) in [6, 6.07) is 12.8. The number of fused-ring (bicyclic) bond motifs is 1. The Morgan fingerprint density at radius 2 is 2.16 bits per heavy atom. The normalized spacial score (nSPS) is 17.3. The van der Waals surface area contributed by atoms with Crippen LogP contribution in [0.1, 0.15) is 11.1 Å². The second-order valence-corrected chi connectivity index (χ2v) is 4.95. The summed E-state index contributed by atoms with van der Waals surface area (Å²) < 4.78 is 19.1. The number of hydrogen-bond donors (Lipinski definition) is 1. The first-order valence-corrected chi connectivity index (χ1v) is 6.46. The third-order valence-corrected chi connectivity index (χ3v) is 3.30. The minimum absolute atomic E-state index is 0.0389. The quantitative estimate of drug-likeness (QED) is 0.888. The summed E-state index contributed by atoms with van der Waals surface area (Å²) in [5.41, 5.74) is 3.20. The zero-order valence-electron chi connectivity index (χ0n) is 10.8. The predicted octanol–water partition coefficient (Wildman–Crippen LogP) is 3.55. The van der Waals surface area contributed by atoms with E-state index in [0.717, 1.165) is 23.5 Å². The van der Waals surface area contributed by atoms with Crippen molar-refractivity contribution in [2.75, 3.05) is 11.9 Å². The molecule has 2 aromatic carbocycles. The third kappa shape index (κ3) is 2.70. The van der Waals surface area contributed by atoms with E-state index < -0.39 is 0 Å². The molecule has 19 heavy (non-hydrogen) atoms. The molecule has 0 spiro atoms. The van der Waals surface area contributed by atoms with Crippen LogP contribution >= 0.6 is 0 Å². The number of hydrogen-bond acceptors (Lipinski definition) is 2. The lowest BCUT2D eigenvalue weighted by molar-refractivity contribution is 0.206. The van der Waals surface area contributed by atoms with Gasteiger partial charge in [0.05, 0.1) is 12.2 Å². The van der Waals surface area contributed by atoms with Crippen LogP contribution in [-0.2, 0) is 6.42 Å². The van der Waals surface area contributed by atoms with Gasteiger partial charge in [0.2, 0.25) is 0 Å². The molecule has 0 aliphatic carbocycles. The van der Waals surface area contributed by atoms with Crippen molar-refractivity contribution in [1.29, 1.82) is 0 Å². The molecular formula is C16H16FNO. The van der Waals surface area contributed by atoms with Crippen molar-refractivity contribution in [3.8, 4) is 5.75 Å². The molecule has 0 fully saturated rings. The van der Waals surface area contributed by atoms with Gasteiger partial charge in [0.25, 0.3) is 0 Å². The molecule has 0 bridgehead atoms. The smallest absolute Gasteiger partial charge is 0.142 e. The maximum absolute atomic E-state index is 13.1. The molecular weight excluding hydrogens is 241 g/mol. The van der Waals surface area contributed by atoms with Crippen LogP contribution in [0, 0.1) is 12.7 Å². The highest BCUT2D eigenvalue weighted by Gasteiger charge is 2.19. The first-order valence-electron chi connectivity index (χ1n) is 6.46. The fraction of sp³-hybridized carbons (Fsp3) is 0.250. The van der Waals surface area contributed by atoms with Crippen LogP contribution in [-0.4, -0.2) is 12.6 Å². The summed E-state index contributed by atoms with van der Waals surface area (Å²) in [6.07, 6.45) is 0.745. The maximum Gasteiger partial charge on any atom is 0.142 e. The van der Waals surface area contributed by atoms with Crippen molar-refractivity contribution in [2.45, 2.75) is 19.4 Å². The van der Waals surface area contributed by atoms with Gasteiger partial charge in [0.1, 0.15) is 17.7 Å². The van der Waals surface area contributed by atoms with E-state index >= 15 is 0 Å². The molecule has 1 unspecified atom stereocenters. The second kappa shape index (κ2) is 4.92. The molecule has 0 saturated carbocycles. The highest BCUT2D eigenvalue weighted by atomic mass is 19.1. The largest absolute Gasteiger partial charge is 0.486 e. The van der Waals surface area contributed by atoms with E-state index in [1.54, 1.807) is 12.1 Å². The minimum atomic E-state index is -0.197. The average Bonchev–Trinajstić information content (AvgIpc) is 2.39. The molecule has 1 atom stereocenters. The summed E-state index contributed by atoms with van der Waals surface area (Å²) in [5, 5.41) is 3.37. The third-order valence-electron chi connectivity index (χ3n) is 3.30. The Morgan fingerprint density at radius 1 is 1.26 bits per heavy atom. The number of halogens is 1. The molecule has 1 heterocycles. The molecule has 3 heteroatoms. The van der Waals surface area contributed by atoms with E-state index in [0.29, 0.717) is 6.42 Å². The van der Waals surface area contributed by atoms with E-state index in [-0.39, 0.29) is 11.9 Å². The molecule has 0 amide bonds. The molecule has 0 aromatic heterocycles. The summed E-state index contributed by atoms with van der Waals surface area (Å²) in [4.78, 5) is 0. The zero-order valence-corrected chi connectivity index (χ0v) is 10.8. The number of anilines is 1. The Bertz CT molecular complexity index is 597. The van der Waals surface area contributed by atoms with Gasteiger partial charge < -0.3 is 10.1 Å². The zero-order chi connectivity index (χ0) is 13.2. The van der Waals surface area contributed by atoms with Crippen molar-refractivity contribution in [3.63, 3.8) is 0 Å². The van der Waals surface area contributed by atoms with Crippen molar-refractivity contribution in [2.24, 2.45) is 0 Å². The molecule has 1 aliphatic rings. The lowest BCUT2D eigenvalue weighted by atomic mass is 10.1. The van der Waals surface area contributed by atoms with Crippen LogP contribution in [0.2, 0.25) is 0 Å². The summed E-state index contributed by atoms with van der Waals surface area (Å²) >= 11 is 0. The van der Waals surface area contributed by atoms with Gasteiger partial charge in [0.15, 0.2) is 0 Å². The first kappa shape index (κ1) is 12.0. The van der Waals surface area contributed by atoms with E-state index in [1.165, 1.54) is 11.6 Å². The highest BCUT2D eigenvalue weighted by molar-refractivity contribution is 5.59. The summed E-state index contributed by atoms with van der Waals surface area (Å²) in [5.74, 6) is 0.676. The number of nitrogens with one attached hydrogen (secondary N) is 1. The summed E-state index contributed by atoms with van der Waals surface area (Å²) in [6.45, 7) is 2.80. The van der Waals surface area contributed by atoms with Crippen molar-refractivity contribution in [3.05, 3.63) is 59.4 Å². The van der Waals surface area contributed by atoms with Gasteiger partial charge in [-0.3, -0.25) is 0 Å². The Hall–Kier alpha value is -2.03. The molecule has 2 aromatic rings. The van der Waals surface area contributed by atoms with Gasteiger partial charge in [-0.25, -0.2) is 4.39 Å². The minimum Gasteiger partial charge on any atom is -0.486 e. The highest BCUT2D eigenvalue weighted by Crippen LogP contribution is 2.30. The molecule has 1 N–H and O–H groups in total. The van der Waals surface area contributed by atoms with Crippen LogP contribution in [0.15, 0.2) is 42.5 Å². The molecule has 0 radical (unpaired) electrons. The topological polar surface area (TPSA) is 21.3 Å². The van der Waals surface area contributed by atoms with Gasteiger partial charge in [-0.05, 0) is 42.3 Å². The molecule has 2 nitrogen and oxygen atoms in total. The lowest BCUT2D eigenvalue weighted by Gasteiger charge is -2.27. The van der Waals surface area contributed by atoms with Gasteiger partial charge >= 0.3 is 0 Å². The van der Waals surface area contributed by atoms with Crippen molar-refractivity contribution >= 4 is 5.69 Å². The molecule has 98 valence electrons. The lowest BCUT2D eigenvalue weighted by Crippen LogP contribution is -2.32. The number of aryl methyl sites for hydroxylation is 1. The van der Waals surface area contributed by atoms with Gasteiger partial charge in [-0.15, -0.1) is 0 Å². The molecule has 1 aliphatic heterocycles. The van der Waals surface area contributed by atoms with Gasteiger partial charge in [-0.2, -0.15) is 0 Å². The standard InChI is InChI=1S/C16H16FNO/c1-11-5-6-16-15(7-11)18-10-14(19-16)9-12-3-2-4-13(17)8-12/h2-8,14,18H,9-10H2,1H3. The SMILES string of the molecule is Cc1ccc2c(c1)NCC(Cc1cccc(F)c1)O2. The molecule has 0 saturated heterocycles. The number of rotatable bonds is 2. The summed E-state index contributed by atoms with van der Waals surface area (Å²) in [7, 11) is 0. The van der Waals surface area contributed by atoms with Crippen LogP contribution in [0.25, 0.3) is 0 Å². The Morgan fingerprint density at radius 3 is 3.00 bits per heavy atom. The van der Waals surface area contributed by atoms with Crippen molar-refractivity contribution in [1.82, 2.24) is 0 Å². The molecule has 3 rings (SSSR count). The number of benzene rings is 2. The Balaban J connectivity index is 1.74. The van der Waals surface area contributed by atoms with Crippen molar-refractivity contribution < 1.29 is 9.13 Å². The van der Waals surface area contributed by atoms with E-state index in [2.05, 4.69) is 18.3 Å². The Kier molecular flexibility index (Phi) is 3.11. The van der Waals surface area contributed by atoms with Gasteiger partial charge in [-0.1, -0.05) is 18.2 Å². The van der Waals surface area contributed by atoms with Crippen LogP contribution in [0.5, 0.6) is 5.75 Å². The first-order chi connectivity index (χ1) is 9.20. The van der Waals surface area contributed by atoms with Crippen LogP contribution < -0.4 is 10.1 Å². The number of ether oxygens (including phenoxy) is 1. The second-order valence-electron chi connectivity index (χ2n) is 4.95. The van der Waals surface area contributed by atoms with E-state index in [1.807, 2.05) is 18.2 Å². The van der Waals surface area contributed by atoms with Gasteiger partial charge in [0, 0.05) is 6.42 Å². The fourth-order valence-electron chi connectivity index (χ4n) is 2.37. The predicted molar refractivity (Wildman–Crippen MR) is 74.2 cm³/mol.